The molecule has 38 heavy (non-hydrogen) atoms. The highest BCUT2D eigenvalue weighted by Crippen LogP contribution is 2.54. The SMILES string of the molecule is COC(=O)[C@H](CSSC[C@@H](C(=O)OC)N1C(=O)[C@@H]2[C@H](C1=O)[C@@H]1C=C[C@H]2C1)N1C(=O)[C@@H]2[C@H](C1=O)[C@@H]1C=C[C@H]2C1. The van der Waals surface area contributed by atoms with Crippen molar-refractivity contribution in [2.45, 2.75) is 24.9 Å². The molecule has 0 radical (unpaired) electrons. The molecule has 2 aliphatic heterocycles. The summed E-state index contributed by atoms with van der Waals surface area (Å²) in [5.41, 5.74) is 0. The maximum Gasteiger partial charge on any atom is 0.329 e. The number of rotatable bonds is 9. The fraction of sp³-hybridized carbons (Fsp3) is 0.615. The summed E-state index contributed by atoms with van der Waals surface area (Å²) in [5, 5.41) is 0. The summed E-state index contributed by atoms with van der Waals surface area (Å²) in [6.45, 7) is 0. The van der Waals surface area contributed by atoms with Crippen molar-refractivity contribution in [3.8, 4) is 0 Å². The predicted molar refractivity (Wildman–Crippen MR) is 136 cm³/mol. The maximum absolute atomic E-state index is 13.2. The van der Waals surface area contributed by atoms with Gasteiger partial charge in [0.2, 0.25) is 23.6 Å². The molecule has 2 saturated carbocycles. The van der Waals surface area contributed by atoms with Crippen LogP contribution in [0.3, 0.4) is 0 Å². The first-order valence-corrected chi connectivity index (χ1v) is 15.3. The lowest BCUT2D eigenvalue weighted by Gasteiger charge is -2.27. The van der Waals surface area contributed by atoms with Crippen LogP contribution in [0.25, 0.3) is 0 Å². The molecule has 0 N–H and O–H groups in total. The molecular formula is C26H28N2O8S2. The van der Waals surface area contributed by atoms with E-state index < -0.39 is 47.7 Å². The van der Waals surface area contributed by atoms with E-state index in [9.17, 15) is 28.8 Å². The fourth-order valence-electron chi connectivity index (χ4n) is 7.46. The second-order valence-electron chi connectivity index (χ2n) is 10.7. The van der Waals surface area contributed by atoms with Crippen LogP contribution in [0, 0.1) is 47.3 Å². The third-order valence-corrected chi connectivity index (χ3v) is 11.5. The Morgan fingerprint density at radius 3 is 1.24 bits per heavy atom. The number of carbonyl (C=O) groups excluding carboxylic acids is 6. The summed E-state index contributed by atoms with van der Waals surface area (Å²) in [4.78, 5) is 80.3. The zero-order valence-corrected chi connectivity index (χ0v) is 22.5. The Labute approximate surface area is 227 Å². The van der Waals surface area contributed by atoms with Gasteiger partial charge < -0.3 is 9.47 Å². The average molecular weight is 561 g/mol. The molecule has 6 aliphatic rings. The average Bonchev–Trinajstić information content (AvgIpc) is 3.75. The first kappa shape index (κ1) is 25.7. The van der Waals surface area contributed by atoms with E-state index in [2.05, 4.69) is 0 Å². The molecule has 4 aliphatic carbocycles. The molecule has 2 saturated heterocycles. The lowest BCUT2D eigenvalue weighted by atomic mass is 9.85. The van der Waals surface area contributed by atoms with E-state index in [1.165, 1.54) is 35.8 Å². The van der Waals surface area contributed by atoms with Crippen LogP contribution in [0.2, 0.25) is 0 Å². The lowest BCUT2D eigenvalue weighted by molar-refractivity contribution is -0.156. The van der Waals surface area contributed by atoms with Gasteiger partial charge in [-0.3, -0.25) is 29.0 Å². The number of esters is 2. The van der Waals surface area contributed by atoms with E-state index >= 15 is 0 Å². The van der Waals surface area contributed by atoms with Gasteiger partial charge in [0.1, 0.15) is 12.1 Å². The molecule has 4 fully saturated rings. The Balaban J connectivity index is 1.12. The topological polar surface area (TPSA) is 127 Å². The third kappa shape index (κ3) is 3.62. The number of hydrogen-bond acceptors (Lipinski definition) is 10. The van der Waals surface area contributed by atoms with Gasteiger partial charge in [0, 0.05) is 11.5 Å². The van der Waals surface area contributed by atoms with Crippen molar-refractivity contribution in [3.05, 3.63) is 24.3 Å². The molecule has 12 heteroatoms. The number of methoxy groups -OCH3 is 2. The normalized spacial score (nSPS) is 37.3. The van der Waals surface area contributed by atoms with Gasteiger partial charge in [0.25, 0.3) is 0 Å². The molecule has 0 unspecified atom stereocenters. The summed E-state index contributed by atoms with van der Waals surface area (Å²) < 4.78 is 9.85. The molecule has 0 aromatic carbocycles. The quantitative estimate of drug-likeness (QED) is 0.133. The molecule has 4 amide bonds. The molecule has 4 bridgehead atoms. The van der Waals surface area contributed by atoms with Crippen LogP contribution in [-0.4, -0.2) is 83.2 Å². The maximum atomic E-state index is 13.2. The molecule has 10 nitrogen and oxygen atoms in total. The summed E-state index contributed by atoms with van der Waals surface area (Å²) in [7, 11) is 4.78. The molecule has 0 aromatic rings. The van der Waals surface area contributed by atoms with Crippen molar-refractivity contribution in [1.29, 1.82) is 0 Å². The third-order valence-electron chi connectivity index (χ3n) is 9.11. The second kappa shape index (κ2) is 9.55. The number of carbonyl (C=O) groups is 6. The van der Waals surface area contributed by atoms with Gasteiger partial charge in [-0.2, -0.15) is 0 Å². The number of nitrogens with zero attached hydrogens (tertiary/aromatic N) is 2. The zero-order chi connectivity index (χ0) is 26.9. The van der Waals surface area contributed by atoms with Crippen LogP contribution < -0.4 is 0 Å². The van der Waals surface area contributed by atoms with Crippen LogP contribution >= 0.6 is 21.6 Å². The highest BCUT2D eigenvalue weighted by atomic mass is 33.1. The van der Waals surface area contributed by atoms with Crippen LogP contribution in [0.5, 0.6) is 0 Å². The van der Waals surface area contributed by atoms with E-state index in [-0.39, 0.29) is 58.8 Å². The van der Waals surface area contributed by atoms with Gasteiger partial charge in [0.15, 0.2) is 0 Å². The van der Waals surface area contributed by atoms with Crippen LogP contribution in [0.15, 0.2) is 24.3 Å². The number of amides is 4. The van der Waals surface area contributed by atoms with E-state index in [0.29, 0.717) is 0 Å². The van der Waals surface area contributed by atoms with Gasteiger partial charge >= 0.3 is 11.9 Å². The molecule has 2 heterocycles. The van der Waals surface area contributed by atoms with Gasteiger partial charge in [-0.25, -0.2) is 9.59 Å². The van der Waals surface area contributed by atoms with E-state index in [0.717, 1.165) is 22.6 Å². The molecular weight excluding hydrogens is 532 g/mol. The highest BCUT2D eigenvalue weighted by Gasteiger charge is 2.62. The Morgan fingerprint density at radius 1 is 0.684 bits per heavy atom. The Morgan fingerprint density at radius 2 is 0.974 bits per heavy atom. The number of allylic oxidation sites excluding steroid dienone is 4. The number of ether oxygens (including phenoxy) is 2. The lowest BCUT2D eigenvalue weighted by Crippen LogP contribution is -2.49. The minimum atomic E-state index is -1.10. The van der Waals surface area contributed by atoms with E-state index in [1.54, 1.807) is 0 Å². The summed E-state index contributed by atoms with van der Waals surface area (Å²) in [5.74, 6) is -4.27. The fourth-order valence-corrected chi connectivity index (χ4v) is 9.83. The van der Waals surface area contributed by atoms with Gasteiger partial charge in [-0.05, 0) is 36.5 Å². The largest absolute Gasteiger partial charge is 0.467 e. The smallest absolute Gasteiger partial charge is 0.329 e. The molecule has 6 rings (SSSR count). The number of imide groups is 2. The molecule has 0 spiro atoms. The first-order valence-electron chi connectivity index (χ1n) is 12.8. The van der Waals surface area contributed by atoms with Gasteiger partial charge in [-0.15, -0.1) is 0 Å². The van der Waals surface area contributed by atoms with Gasteiger partial charge in [0.05, 0.1) is 37.9 Å². The molecule has 0 aromatic heterocycles. The van der Waals surface area contributed by atoms with Crippen LogP contribution in [0.4, 0.5) is 0 Å². The Hall–Kier alpha value is -2.60. The van der Waals surface area contributed by atoms with Crippen molar-refractivity contribution < 1.29 is 38.2 Å². The van der Waals surface area contributed by atoms with E-state index in [4.69, 9.17) is 9.47 Å². The van der Waals surface area contributed by atoms with Crippen molar-refractivity contribution in [3.63, 3.8) is 0 Å². The van der Waals surface area contributed by atoms with Crippen molar-refractivity contribution in [1.82, 2.24) is 9.80 Å². The second-order valence-corrected chi connectivity index (χ2v) is 13.3. The minimum absolute atomic E-state index is 0.0213. The Bertz CT molecular complexity index is 1040. The standard InChI is InChI=1S/C26H28N2O8S2/c1-35-25(33)15(27-21(29)17-11-3-4-12(7-11)18(17)22(27)30)9-37-38-10-16(26(34)36-2)28-23(31)19-13-5-6-14(8-13)20(19)24(28)32/h3-6,11-20H,7-10H2,1-2H3/t11-,12+,13-,14+,15-,16-,17-,18+,19-,20+/m0/s1. The Kier molecular flexibility index (Phi) is 6.45. The molecule has 10 atom stereocenters. The van der Waals surface area contributed by atoms with Crippen LogP contribution in [0.1, 0.15) is 12.8 Å². The summed E-state index contributed by atoms with van der Waals surface area (Å²) in [6, 6.07) is -2.20. The zero-order valence-electron chi connectivity index (χ0n) is 20.9. The van der Waals surface area contributed by atoms with Gasteiger partial charge in [-0.1, -0.05) is 45.9 Å². The number of fused-ring (bicyclic) bond motifs is 10. The number of hydrogen-bond donors (Lipinski definition) is 0. The van der Waals surface area contributed by atoms with Crippen molar-refractivity contribution in [2.24, 2.45) is 47.3 Å². The number of likely N-dealkylation sites (tertiary alicyclic amines) is 2. The van der Waals surface area contributed by atoms with Crippen molar-refractivity contribution in [2.75, 3.05) is 25.7 Å². The summed E-state index contributed by atoms with van der Waals surface area (Å²) >= 11 is 0. The summed E-state index contributed by atoms with van der Waals surface area (Å²) in [6.07, 6.45) is 9.53. The van der Waals surface area contributed by atoms with Crippen LogP contribution in [-0.2, 0) is 38.2 Å². The monoisotopic (exact) mass is 560 g/mol. The van der Waals surface area contributed by atoms with Crippen molar-refractivity contribution >= 4 is 57.2 Å². The molecule has 202 valence electrons. The minimum Gasteiger partial charge on any atom is -0.467 e. The highest BCUT2D eigenvalue weighted by molar-refractivity contribution is 8.76. The first-order chi connectivity index (χ1) is 18.3. The predicted octanol–water partition coefficient (Wildman–Crippen LogP) is 1.07. The van der Waals surface area contributed by atoms with E-state index in [1.807, 2.05) is 24.3 Å².